The summed E-state index contributed by atoms with van der Waals surface area (Å²) in [5, 5.41) is 9.41. The minimum absolute atomic E-state index is 0.0785. The monoisotopic (exact) mass is 186 g/mol. The van der Waals surface area contributed by atoms with Gasteiger partial charge in [0.2, 0.25) is 0 Å². The van der Waals surface area contributed by atoms with Gasteiger partial charge >= 0.3 is 0 Å². The van der Waals surface area contributed by atoms with Crippen LogP contribution in [0.1, 0.15) is 46.0 Å². The summed E-state index contributed by atoms with van der Waals surface area (Å²) >= 11 is 0. The van der Waals surface area contributed by atoms with Gasteiger partial charge < -0.3 is 9.84 Å². The molecule has 0 aromatic heterocycles. The highest BCUT2D eigenvalue weighted by atomic mass is 16.5. The first-order valence-corrected chi connectivity index (χ1v) is 5.47. The van der Waals surface area contributed by atoms with Crippen molar-refractivity contribution in [1.29, 1.82) is 0 Å². The number of hydrogen-bond acceptors (Lipinski definition) is 2. The minimum atomic E-state index is 0.0785. The second-order valence-electron chi connectivity index (χ2n) is 4.24. The molecule has 2 atom stereocenters. The van der Waals surface area contributed by atoms with Gasteiger partial charge in [-0.2, -0.15) is 0 Å². The summed E-state index contributed by atoms with van der Waals surface area (Å²) in [5.41, 5.74) is 0.0785. The fourth-order valence-corrected chi connectivity index (χ4v) is 2.16. The van der Waals surface area contributed by atoms with E-state index < -0.39 is 0 Å². The lowest BCUT2D eigenvalue weighted by molar-refractivity contribution is 0.0203. The molecule has 0 amide bonds. The normalized spacial score (nSPS) is 33.9. The van der Waals surface area contributed by atoms with Crippen molar-refractivity contribution in [1.82, 2.24) is 0 Å². The first kappa shape index (κ1) is 11.0. The molecule has 13 heavy (non-hydrogen) atoms. The van der Waals surface area contributed by atoms with E-state index in [0.717, 1.165) is 19.4 Å². The van der Waals surface area contributed by atoms with E-state index in [0.29, 0.717) is 0 Å². The molecule has 78 valence electrons. The Morgan fingerprint density at radius 1 is 1.46 bits per heavy atom. The van der Waals surface area contributed by atoms with Crippen molar-refractivity contribution in [2.24, 2.45) is 5.41 Å². The van der Waals surface area contributed by atoms with Crippen LogP contribution in [0.4, 0.5) is 0 Å². The van der Waals surface area contributed by atoms with Crippen LogP contribution in [-0.4, -0.2) is 24.4 Å². The molecule has 2 unspecified atom stereocenters. The lowest BCUT2D eigenvalue weighted by Gasteiger charge is -2.29. The van der Waals surface area contributed by atoms with Crippen molar-refractivity contribution in [3.05, 3.63) is 0 Å². The average molecular weight is 186 g/mol. The molecule has 1 rings (SSSR count). The highest BCUT2D eigenvalue weighted by molar-refractivity contribution is 4.88. The topological polar surface area (TPSA) is 29.5 Å². The van der Waals surface area contributed by atoms with E-state index in [4.69, 9.17) is 4.74 Å². The summed E-state index contributed by atoms with van der Waals surface area (Å²) in [7, 11) is 0. The molecular weight excluding hydrogens is 164 g/mol. The Balaban J connectivity index is 2.39. The van der Waals surface area contributed by atoms with Gasteiger partial charge in [0.15, 0.2) is 0 Å². The lowest BCUT2D eigenvalue weighted by atomic mass is 9.78. The molecule has 0 radical (unpaired) electrons. The van der Waals surface area contributed by atoms with E-state index in [1.54, 1.807) is 0 Å². The van der Waals surface area contributed by atoms with Crippen LogP contribution in [0.25, 0.3) is 0 Å². The third-order valence-electron chi connectivity index (χ3n) is 3.42. The zero-order valence-corrected chi connectivity index (χ0v) is 8.88. The van der Waals surface area contributed by atoms with E-state index >= 15 is 0 Å². The van der Waals surface area contributed by atoms with Crippen molar-refractivity contribution in [2.45, 2.75) is 52.1 Å². The zero-order chi connectivity index (χ0) is 9.73. The SMILES string of the molecule is CCCCCC1(CO)CCOC1C. The van der Waals surface area contributed by atoms with Gasteiger partial charge in [-0.15, -0.1) is 0 Å². The van der Waals surface area contributed by atoms with Crippen molar-refractivity contribution in [2.75, 3.05) is 13.2 Å². The van der Waals surface area contributed by atoms with Gasteiger partial charge in [0, 0.05) is 12.0 Å². The highest BCUT2D eigenvalue weighted by Gasteiger charge is 2.40. The smallest absolute Gasteiger partial charge is 0.0625 e. The first-order chi connectivity index (χ1) is 6.25. The lowest BCUT2D eigenvalue weighted by Crippen LogP contribution is -2.32. The summed E-state index contributed by atoms with van der Waals surface area (Å²) in [6.07, 6.45) is 6.15. The Morgan fingerprint density at radius 2 is 2.23 bits per heavy atom. The van der Waals surface area contributed by atoms with Gasteiger partial charge in [-0.05, 0) is 19.8 Å². The molecule has 0 aliphatic carbocycles. The number of ether oxygens (including phenoxy) is 1. The Bertz CT molecular complexity index is 147. The average Bonchev–Trinajstić information content (AvgIpc) is 2.49. The summed E-state index contributed by atoms with van der Waals surface area (Å²) in [6.45, 7) is 5.42. The van der Waals surface area contributed by atoms with E-state index in [2.05, 4.69) is 13.8 Å². The second kappa shape index (κ2) is 4.97. The third kappa shape index (κ3) is 2.44. The van der Waals surface area contributed by atoms with Crippen LogP contribution in [0, 0.1) is 5.41 Å². The molecule has 1 aliphatic rings. The molecule has 2 heteroatoms. The third-order valence-corrected chi connectivity index (χ3v) is 3.42. The number of unbranched alkanes of at least 4 members (excludes halogenated alkanes) is 2. The Morgan fingerprint density at radius 3 is 2.69 bits per heavy atom. The zero-order valence-electron chi connectivity index (χ0n) is 8.88. The number of hydrogen-bond donors (Lipinski definition) is 1. The quantitative estimate of drug-likeness (QED) is 0.668. The maximum Gasteiger partial charge on any atom is 0.0625 e. The molecule has 1 saturated heterocycles. The summed E-state index contributed by atoms with van der Waals surface area (Å²) in [6, 6.07) is 0. The summed E-state index contributed by atoms with van der Waals surface area (Å²) in [4.78, 5) is 0. The molecule has 2 nitrogen and oxygen atoms in total. The van der Waals surface area contributed by atoms with Gasteiger partial charge in [-0.3, -0.25) is 0 Å². The van der Waals surface area contributed by atoms with Crippen LogP contribution in [0.3, 0.4) is 0 Å². The first-order valence-electron chi connectivity index (χ1n) is 5.47. The maximum absolute atomic E-state index is 9.41. The van der Waals surface area contributed by atoms with Crippen molar-refractivity contribution in [3.8, 4) is 0 Å². The van der Waals surface area contributed by atoms with Crippen molar-refractivity contribution >= 4 is 0 Å². The van der Waals surface area contributed by atoms with Crippen molar-refractivity contribution < 1.29 is 9.84 Å². The molecule has 1 N–H and O–H groups in total. The Labute approximate surface area is 81.3 Å². The number of aliphatic hydroxyl groups excluding tert-OH is 1. The molecule has 0 spiro atoms. The van der Waals surface area contributed by atoms with Gasteiger partial charge in [0.25, 0.3) is 0 Å². The molecule has 0 aromatic carbocycles. The van der Waals surface area contributed by atoms with E-state index in [9.17, 15) is 5.11 Å². The van der Waals surface area contributed by atoms with Gasteiger partial charge in [0.05, 0.1) is 12.7 Å². The van der Waals surface area contributed by atoms with E-state index in [-0.39, 0.29) is 18.1 Å². The highest BCUT2D eigenvalue weighted by Crippen LogP contribution is 2.39. The van der Waals surface area contributed by atoms with Crippen LogP contribution < -0.4 is 0 Å². The van der Waals surface area contributed by atoms with Crippen LogP contribution in [0.5, 0.6) is 0 Å². The summed E-state index contributed by atoms with van der Waals surface area (Å²) < 4.78 is 5.53. The predicted molar refractivity (Wildman–Crippen MR) is 53.7 cm³/mol. The molecule has 1 aliphatic heterocycles. The Hall–Kier alpha value is -0.0800. The van der Waals surface area contributed by atoms with Crippen molar-refractivity contribution in [3.63, 3.8) is 0 Å². The summed E-state index contributed by atoms with van der Waals surface area (Å²) in [5.74, 6) is 0. The molecule has 1 heterocycles. The van der Waals surface area contributed by atoms with Crippen LogP contribution in [0.15, 0.2) is 0 Å². The van der Waals surface area contributed by atoms with Gasteiger partial charge in [-0.1, -0.05) is 26.2 Å². The van der Waals surface area contributed by atoms with Crippen LogP contribution >= 0.6 is 0 Å². The maximum atomic E-state index is 9.41. The number of rotatable bonds is 5. The van der Waals surface area contributed by atoms with Gasteiger partial charge in [-0.25, -0.2) is 0 Å². The molecule has 0 aromatic rings. The second-order valence-corrected chi connectivity index (χ2v) is 4.24. The molecule has 0 saturated carbocycles. The minimum Gasteiger partial charge on any atom is -0.396 e. The molecule has 1 fully saturated rings. The standard InChI is InChI=1S/C11H22O2/c1-3-4-5-6-11(9-12)7-8-13-10(11)2/h10,12H,3-9H2,1-2H3. The van der Waals surface area contributed by atoms with E-state index in [1.807, 2.05) is 0 Å². The van der Waals surface area contributed by atoms with Crippen LogP contribution in [-0.2, 0) is 4.74 Å². The molecular formula is C11H22O2. The Kier molecular flexibility index (Phi) is 4.20. The van der Waals surface area contributed by atoms with E-state index in [1.165, 1.54) is 19.3 Å². The fraction of sp³-hybridized carbons (Fsp3) is 1.00. The van der Waals surface area contributed by atoms with Crippen LogP contribution in [0.2, 0.25) is 0 Å². The largest absolute Gasteiger partial charge is 0.396 e. The number of aliphatic hydroxyl groups is 1. The fourth-order valence-electron chi connectivity index (χ4n) is 2.16. The van der Waals surface area contributed by atoms with Gasteiger partial charge in [0.1, 0.15) is 0 Å². The molecule has 0 bridgehead atoms. The predicted octanol–water partition coefficient (Wildman–Crippen LogP) is 2.35.